The van der Waals surface area contributed by atoms with Crippen LogP contribution in [0.4, 0.5) is 5.00 Å². The van der Waals surface area contributed by atoms with Gasteiger partial charge in [-0.25, -0.2) is 4.79 Å². The first-order chi connectivity index (χ1) is 12.2. The average molecular weight is 372 g/mol. The second-order valence-corrected chi connectivity index (χ2v) is 6.74. The van der Waals surface area contributed by atoms with Gasteiger partial charge in [-0.1, -0.05) is 54.1 Å². The topological polar surface area (TPSA) is 38.3 Å². The van der Waals surface area contributed by atoms with E-state index in [9.17, 15) is 4.79 Å². The summed E-state index contributed by atoms with van der Waals surface area (Å²) in [6.45, 7) is 2.77. The molecule has 0 atom stereocenters. The number of halogens is 1. The highest BCUT2D eigenvalue weighted by molar-refractivity contribution is 7.15. The van der Waals surface area contributed by atoms with Crippen molar-refractivity contribution >= 4 is 33.9 Å². The lowest BCUT2D eigenvalue weighted by Gasteiger charge is -2.09. The molecular weight excluding hydrogens is 354 g/mol. The van der Waals surface area contributed by atoms with Gasteiger partial charge in [-0.15, -0.1) is 11.3 Å². The molecule has 0 saturated carbocycles. The van der Waals surface area contributed by atoms with Crippen LogP contribution in [-0.2, 0) is 11.3 Å². The Morgan fingerprint density at radius 1 is 1.12 bits per heavy atom. The second kappa shape index (κ2) is 8.19. The molecule has 1 aromatic heterocycles. The summed E-state index contributed by atoms with van der Waals surface area (Å²) in [5.74, 6) is -0.304. The molecule has 3 aromatic rings. The molecular formula is C20H18ClNO2S. The molecule has 0 amide bonds. The zero-order valence-electron chi connectivity index (χ0n) is 13.8. The Bertz CT molecular complexity index is 844. The number of ether oxygens (including phenoxy) is 1. The minimum absolute atomic E-state index is 0.304. The van der Waals surface area contributed by atoms with Gasteiger partial charge in [-0.05, 0) is 30.2 Å². The van der Waals surface area contributed by atoms with Crippen molar-refractivity contribution in [2.24, 2.45) is 0 Å². The maximum atomic E-state index is 12.5. The fourth-order valence-corrected chi connectivity index (χ4v) is 3.59. The van der Waals surface area contributed by atoms with Gasteiger partial charge in [0.15, 0.2) is 0 Å². The van der Waals surface area contributed by atoms with Crippen LogP contribution >= 0.6 is 22.9 Å². The Morgan fingerprint density at radius 3 is 2.52 bits per heavy atom. The van der Waals surface area contributed by atoms with Crippen LogP contribution in [0.15, 0.2) is 60.0 Å². The van der Waals surface area contributed by atoms with Crippen LogP contribution in [0.2, 0.25) is 5.02 Å². The Kier molecular flexibility index (Phi) is 5.74. The lowest BCUT2D eigenvalue weighted by atomic mass is 10.0. The Morgan fingerprint density at radius 2 is 1.84 bits per heavy atom. The van der Waals surface area contributed by atoms with Crippen LogP contribution in [0.1, 0.15) is 22.8 Å². The van der Waals surface area contributed by atoms with E-state index in [2.05, 4.69) is 5.32 Å². The predicted octanol–water partition coefficient (Wildman–Crippen LogP) is 5.86. The van der Waals surface area contributed by atoms with Crippen molar-refractivity contribution in [2.75, 3.05) is 11.9 Å². The van der Waals surface area contributed by atoms with E-state index >= 15 is 0 Å². The van der Waals surface area contributed by atoms with Crippen LogP contribution < -0.4 is 5.32 Å². The van der Waals surface area contributed by atoms with Crippen molar-refractivity contribution in [3.8, 4) is 11.1 Å². The number of benzene rings is 2. The number of carbonyl (C=O) groups excluding carboxylic acids is 1. The van der Waals surface area contributed by atoms with Gasteiger partial charge in [0, 0.05) is 22.5 Å². The van der Waals surface area contributed by atoms with Gasteiger partial charge in [0.1, 0.15) is 10.6 Å². The maximum absolute atomic E-state index is 12.5. The SMILES string of the molecule is CCOC(=O)c1c(-c2ccccc2)csc1NCc1ccc(Cl)cc1. The number of thiophene rings is 1. The summed E-state index contributed by atoms with van der Waals surface area (Å²) >= 11 is 7.43. The smallest absolute Gasteiger partial charge is 0.341 e. The standard InChI is InChI=1S/C20H18ClNO2S/c1-2-24-20(23)18-17(15-6-4-3-5-7-15)13-25-19(18)22-12-14-8-10-16(21)11-9-14/h3-11,13,22H,2,12H2,1H3. The number of anilines is 1. The van der Waals surface area contributed by atoms with E-state index in [1.54, 1.807) is 0 Å². The van der Waals surface area contributed by atoms with E-state index in [1.807, 2.05) is 66.9 Å². The van der Waals surface area contributed by atoms with Gasteiger partial charge in [0.05, 0.1) is 6.61 Å². The predicted molar refractivity (Wildman–Crippen MR) is 104 cm³/mol. The highest BCUT2D eigenvalue weighted by Gasteiger charge is 2.21. The molecule has 0 saturated heterocycles. The number of hydrogen-bond acceptors (Lipinski definition) is 4. The van der Waals surface area contributed by atoms with Crippen LogP contribution in [-0.4, -0.2) is 12.6 Å². The monoisotopic (exact) mass is 371 g/mol. The number of esters is 1. The van der Waals surface area contributed by atoms with E-state index in [0.717, 1.165) is 21.7 Å². The molecule has 0 fully saturated rings. The molecule has 0 aliphatic carbocycles. The molecule has 3 rings (SSSR count). The van der Waals surface area contributed by atoms with E-state index in [1.165, 1.54) is 11.3 Å². The van der Waals surface area contributed by atoms with Gasteiger partial charge >= 0.3 is 5.97 Å². The van der Waals surface area contributed by atoms with Gasteiger partial charge in [-0.3, -0.25) is 0 Å². The number of hydrogen-bond donors (Lipinski definition) is 1. The van der Waals surface area contributed by atoms with Crippen molar-refractivity contribution in [3.05, 3.63) is 76.1 Å². The zero-order chi connectivity index (χ0) is 17.6. The Hall–Kier alpha value is -2.30. The normalized spacial score (nSPS) is 10.5. The molecule has 0 radical (unpaired) electrons. The maximum Gasteiger partial charge on any atom is 0.341 e. The lowest BCUT2D eigenvalue weighted by Crippen LogP contribution is -2.09. The third-order valence-electron chi connectivity index (χ3n) is 3.72. The van der Waals surface area contributed by atoms with Crippen molar-refractivity contribution in [3.63, 3.8) is 0 Å². The third-order valence-corrected chi connectivity index (χ3v) is 4.91. The summed E-state index contributed by atoms with van der Waals surface area (Å²) in [4.78, 5) is 12.5. The Labute approximate surface area is 156 Å². The lowest BCUT2D eigenvalue weighted by molar-refractivity contribution is 0.0529. The van der Waals surface area contributed by atoms with Crippen LogP contribution in [0.25, 0.3) is 11.1 Å². The first-order valence-electron chi connectivity index (χ1n) is 8.01. The molecule has 2 aromatic carbocycles. The molecule has 128 valence electrons. The summed E-state index contributed by atoms with van der Waals surface area (Å²) in [7, 11) is 0. The molecule has 0 bridgehead atoms. The van der Waals surface area contributed by atoms with E-state index in [4.69, 9.17) is 16.3 Å². The van der Waals surface area contributed by atoms with Crippen molar-refractivity contribution < 1.29 is 9.53 Å². The van der Waals surface area contributed by atoms with E-state index in [0.29, 0.717) is 23.7 Å². The summed E-state index contributed by atoms with van der Waals surface area (Å²) in [6, 6.07) is 17.5. The van der Waals surface area contributed by atoms with E-state index in [-0.39, 0.29) is 5.97 Å². The molecule has 0 aliphatic heterocycles. The Balaban J connectivity index is 1.89. The summed E-state index contributed by atoms with van der Waals surface area (Å²) in [5.41, 5.74) is 3.57. The molecule has 3 nitrogen and oxygen atoms in total. The summed E-state index contributed by atoms with van der Waals surface area (Å²) in [5, 5.41) is 6.86. The van der Waals surface area contributed by atoms with Gasteiger partial charge in [0.25, 0.3) is 0 Å². The molecule has 1 N–H and O–H groups in total. The average Bonchev–Trinajstić information content (AvgIpc) is 3.06. The van der Waals surface area contributed by atoms with Gasteiger partial charge in [-0.2, -0.15) is 0 Å². The minimum atomic E-state index is -0.304. The van der Waals surface area contributed by atoms with Crippen molar-refractivity contribution in [1.82, 2.24) is 0 Å². The second-order valence-electron chi connectivity index (χ2n) is 5.42. The van der Waals surface area contributed by atoms with Crippen LogP contribution in [0.3, 0.4) is 0 Å². The first kappa shape index (κ1) is 17.5. The van der Waals surface area contributed by atoms with E-state index < -0.39 is 0 Å². The molecule has 1 heterocycles. The fourth-order valence-electron chi connectivity index (χ4n) is 2.51. The highest BCUT2D eigenvalue weighted by Crippen LogP contribution is 2.36. The van der Waals surface area contributed by atoms with Crippen molar-refractivity contribution in [2.45, 2.75) is 13.5 Å². The quantitative estimate of drug-likeness (QED) is 0.552. The van der Waals surface area contributed by atoms with Gasteiger partial charge < -0.3 is 10.1 Å². The number of carbonyl (C=O) groups is 1. The molecule has 0 aliphatic rings. The summed E-state index contributed by atoms with van der Waals surface area (Å²) < 4.78 is 5.27. The highest BCUT2D eigenvalue weighted by atomic mass is 35.5. The first-order valence-corrected chi connectivity index (χ1v) is 9.27. The third kappa shape index (κ3) is 4.21. The minimum Gasteiger partial charge on any atom is -0.462 e. The fraction of sp³-hybridized carbons (Fsp3) is 0.150. The summed E-state index contributed by atoms with van der Waals surface area (Å²) in [6.07, 6.45) is 0. The van der Waals surface area contributed by atoms with Crippen molar-refractivity contribution in [1.29, 1.82) is 0 Å². The molecule has 5 heteroatoms. The van der Waals surface area contributed by atoms with Gasteiger partial charge in [0.2, 0.25) is 0 Å². The largest absolute Gasteiger partial charge is 0.462 e. The molecule has 0 unspecified atom stereocenters. The van der Waals surface area contributed by atoms with Crippen LogP contribution in [0.5, 0.6) is 0 Å². The number of nitrogens with one attached hydrogen (secondary N) is 1. The molecule has 0 spiro atoms. The number of rotatable bonds is 6. The zero-order valence-corrected chi connectivity index (χ0v) is 15.4. The van der Waals surface area contributed by atoms with Crippen LogP contribution in [0, 0.1) is 0 Å². The molecule has 25 heavy (non-hydrogen) atoms.